The van der Waals surface area contributed by atoms with Crippen LogP contribution in [0.2, 0.25) is 0 Å². The molecule has 2 aliphatic rings. The molecule has 0 atom stereocenters. The van der Waals surface area contributed by atoms with Crippen molar-refractivity contribution in [1.29, 1.82) is 0 Å². The Morgan fingerprint density at radius 2 is 1.85 bits per heavy atom. The molecule has 3 heterocycles. The lowest BCUT2D eigenvalue weighted by molar-refractivity contribution is -0.131. The van der Waals surface area contributed by atoms with Gasteiger partial charge in [0.15, 0.2) is 22.6 Å². The van der Waals surface area contributed by atoms with Crippen LogP contribution in [0.5, 0.6) is 5.75 Å². The third-order valence-electron chi connectivity index (χ3n) is 7.23. The minimum Gasteiger partial charge on any atom is -0.490 e. The van der Waals surface area contributed by atoms with Gasteiger partial charge in [0, 0.05) is 68.1 Å². The van der Waals surface area contributed by atoms with Gasteiger partial charge in [0.2, 0.25) is 11.7 Å². The van der Waals surface area contributed by atoms with Gasteiger partial charge >= 0.3 is 0 Å². The fraction of sp³-hybridized carbons (Fsp3) is 0.483. The van der Waals surface area contributed by atoms with Crippen molar-refractivity contribution in [3.8, 4) is 5.75 Å². The standard InChI is InChI=1S/C29H38N8O3S/c1-19-17-24(34-33-19)30-27-26(40-4)28(37-15-13-36(14-16-37)25(39)11-12-35(2)3)32-29(31-27)41-22-9-5-20(6-10-22)18-23(38)21-7-8-21/h5-6,9-10,17,21H,7-8,11-16,18H2,1-4H3,(H2,30,31,32,33,34). The second kappa shape index (κ2) is 12.9. The Hall–Kier alpha value is -3.64. The predicted octanol–water partition coefficient (Wildman–Crippen LogP) is 3.53. The second-order valence-corrected chi connectivity index (χ2v) is 11.9. The van der Waals surface area contributed by atoms with E-state index in [0.717, 1.165) is 35.5 Å². The summed E-state index contributed by atoms with van der Waals surface area (Å²) in [5, 5.41) is 11.1. The zero-order valence-corrected chi connectivity index (χ0v) is 25.0. The fourth-order valence-corrected chi connectivity index (χ4v) is 5.48. The quantitative estimate of drug-likeness (QED) is 0.309. The number of rotatable bonds is 12. The van der Waals surface area contributed by atoms with Gasteiger partial charge in [-0.1, -0.05) is 12.1 Å². The summed E-state index contributed by atoms with van der Waals surface area (Å²) in [6, 6.07) is 9.93. The maximum atomic E-state index is 12.7. The topological polar surface area (TPSA) is 120 Å². The molecule has 2 N–H and O–H groups in total. The number of piperazine rings is 1. The van der Waals surface area contributed by atoms with Gasteiger partial charge in [-0.25, -0.2) is 9.97 Å². The highest BCUT2D eigenvalue weighted by atomic mass is 32.2. The number of nitrogens with one attached hydrogen (secondary N) is 2. The van der Waals surface area contributed by atoms with Crippen molar-refractivity contribution in [2.75, 3.05) is 64.1 Å². The third-order valence-corrected chi connectivity index (χ3v) is 8.11. The van der Waals surface area contributed by atoms with Gasteiger partial charge in [-0.2, -0.15) is 5.10 Å². The van der Waals surface area contributed by atoms with Gasteiger partial charge in [0.05, 0.1) is 7.11 Å². The molecule has 0 bridgehead atoms. The molecular formula is C29H38N8O3S. The molecule has 1 aliphatic heterocycles. The van der Waals surface area contributed by atoms with Gasteiger partial charge in [0.1, 0.15) is 5.78 Å². The molecule has 0 radical (unpaired) electrons. The SMILES string of the molecule is COc1c(Nc2cc(C)[nH]n2)nc(Sc2ccc(CC(=O)C3CC3)cc2)nc1N1CCN(C(=O)CCN(C)C)CC1. The number of amides is 1. The van der Waals surface area contributed by atoms with E-state index in [1.807, 2.05) is 61.2 Å². The van der Waals surface area contributed by atoms with Crippen LogP contribution in [0.1, 0.15) is 30.5 Å². The minimum absolute atomic E-state index is 0.169. The number of methoxy groups -OCH3 is 1. The number of carbonyl (C=O) groups is 2. The van der Waals surface area contributed by atoms with Crippen molar-refractivity contribution in [3.05, 3.63) is 41.6 Å². The first-order valence-corrected chi connectivity index (χ1v) is 14.8. The van der Waals surface area contributed by atoms with Gasteiger partial charge in [-0.3, -0.25) is 14.7 Å². The Bertz CT molecular complexity index is 1360. The molecule has 5 rings (SSSR count). The lowest BCUT2D eigenvalue weighted by Crippen LogP contribution is -2.49. The van der Waals surface area contributed by atoms with Gasteiger partial charge in [-0.05, 0) is 63.3 Å². The zero-order chi connectivity index (χ0) is 28.9. The van der Waals surface area contributed by atoms with E-state index in [2.05, 4.69) is 20.4 Å². The van der Waals surface area contributed by atoms with Crippen LogP contribution in [0.4, 0.5) is 17.5 Å². The van der Waals surface area contributed by atoms with Gasteiger partial charge in [-0.15, -0.1) is 0 Å². The van der Waals surface area contributed by atoms with Crippen LogP contribution in [0, 0.1) is 12.8 Å². The third kappa shape index (κ3) is 7.56. The molecule has 41 heavy (non-hydrogen) atoms. The van der Waals surface area contributed by atoms with Crippen molar-refractivity contribution < 1.29 is 14.3 Å². The number of aromatic nitrogens is 4. The van der Waals surface area contributed by atoms with Crippen molar-refractivity contribution in [3.63, 3.8) is 0 Å². The molecule has 2 aromatic heterocycles. The van der Waals surface area contributed by atoms with Crippen LogP contribution >= 0.6 is 11.8 Å². The monoisotopic (exact) mass is 578 g/mol. The summed E-state index contributed by atoms with van der Waals surface area (Å²) in [7, 11) is 5.56. The smallest absolute Gasteiger partial charge is 0.223 e. The summed E-state index contributed by atoms with van der Waals surface area (Å²) in [4.78, 5) is 41.7. The van der Waals surface area contributed by atoms with E-state index in [9.17, 15) is 9.59 Å². The average Bonchev–Trinajstić information content (AvgIpc) is 3.74. The number of aromatic amines is 1. The van der Waals surface area contributed by atoms with Crippen molar-refractivity contribution in [2.45, 2.75) is 42.7 Å². The first-order chi connectivity index (χ1) is 19.8. The highest BCUT2D eigenvalue weighted by Gasteiger charge is 2.29. The summed E-state index contributed by atoms with van der Waals surface area (Å²) >= 11 is 1.45. The first kappa shape index (κ1) is 28.9. The number of Topliss-reactive ketones (excluding diaryl/α,β-unsaturated/α-hetero) is 1. The van der Waals surface area contributed by atoms with Crippen LogP contribution in [-0.4, -0.2) is 95.6 Å². The van der Waals surface area contributed by atoms with Crippen LogP contribution in [-0.2, 0) is 16.0 Å². The minimum atomic E-state index is 0.169. The molecule has 1 saturated heterocycles. The van der Waals surface area contributed by atoms with E-state index < -0.39 is 0 Å². The Balaban J connectivity index is 1.36. The lowest BCUT2D eigenvalue weighted by Gasteiger charge is -2.36. The van der Waals surface area contributed by atoms with Crippen molar-refractivity contribution >= 4 is 40.9 Å². The zero-order valence-electron chi connectivity index (χ0n) is 24.1. The number of anilines is 3. The van der Waals surface area contributed by atoms with E-state index in [1.54, 1.807) is 7.11 Å². The number of nitrogens with zero attached hydrogens (tertiary/aromatic N) is 6. The highest BCUT2D eigenvalue weighted by molar-refractivity contribution is 7.99. The first-order valence-electron chi connectivity index (χ1n) is 14.0. The summed E-state index contributed by atoms with van der Waals surface area (Å²) < 4.78 is 5.84. The molecular weight excluding hydrogens is 540 g/mol. The largest absolute Gasteiger partial charge is 0.490 e. The predicted molar refractivity (Wildman–Crippen MR) is 159 cm³/mol. The summed E-state index contributed by atoms with van der Waals surface area (Å²) in [5.41, 5.74) is 1.95. The van der Waals surface area contributed by atoms with Crippen LogP contribution in [0.3, 0.4) is 0 Å². The molecule has 218 valence electrons. The van der Waals surface area contributed by atoms with E-state index in [-0.39, 0.29) is 11.8 Å². The number of hydrogen-bond acceptors (Lipinski definition) is 10. The molecule has 1 amide bonds. The second-order valence-electron chi connectivity index (χ2n) is 10.9. The Morgan fingerprint density at radius 3 is 2.46 bits per heavy atom. The number of ether oxygens (including phenoxy) is 1. The maximum Gasteiger partial charge on any atom is 0.223 e. The van der Waals surface area contributed by atoms with E-state index in [0.29, 0.717) is 73.2 Å². The molecule has 1 aliphatic carbocycles. The van der Waals surface area contributed by atoms with Gasteiger partial charge in [0.25, 0.3) is 0 Å². The Morgan fingerprint density at radius 1 is 1.12 bits per heavy atom. The fourth-order valence-electron chi connectivity index (χ4n) is 4.73. The molecule has 2 fully saturated rings. The molecule has 11 nitrogen and oxygen atoms in total. The van der Waals surface area contributed by atoms with Crippen molar-refractivity contribution in [1.82, 2.24) is 30.0 Å². The molecule has 1 saturated carbocycles. The molecule has 1 aromatic carbocycles. The number of hydrogen-bond donors (Lipinski definition) is 2. The number of aryl methyl sites for hydroxylation is 1. The molecule has 0 unspecified atom stereocenters. The summed E-state index contributed by atoms with van der Waals surface area (Å²) in [6.45, 7) is 5.17. The Kier molecular flexibility index (Phi) is 9.09. The van der Waals surface area contributed by atoms with Crippen LogP contribution in [0.15, 0.2) is 40.4 Å². The number of H-pyrrole nitrogens is 1. The maximum absolute atomic E-state index is 12.7. The molecule has 3 aromatic rings. The number of carbonyl (C=O) groups excluding carboxylic acids is 2. The number of ketones is 1. The highest BCUT2D eigenvalue weighted by Crippen LogP contribution is 2.38. The number of benzene rings is 1. The summed E-state index contributed by atoms with van der Waals surface area (Å²) in [6.07, 6.45) is 3.05. The van der Waals surface area contributed by atoms with Crippen LogP contribution in [0.25, 0.3) is 0 Å². The molecule has 12 heteroatoms. The van der Waals surface area contributed by atoms with E-state index in [4.69, 9.17) is 14.7 Å². The average molecular weight is 579 g/mol. The Labute approximate surface area is 245 Å². The molecule has 0 spiro atoms. The van der Waals surface area contributed by atoms with Crippen LogP contribution < -0.4 is 15.0 Å². The summed E-state index contributed by atoms with van der Waals surface area (Å²) in [5.74, 6) is 3.10. The van der Waals surface area contributed by atoms with Crippen molar-refractivity contribution in [2.24, 2.45) is 5.92 Å². The van der Waals surface area contributed by atoms with Gasteiger partial charge < -0.3 is 24.8 Å². The normalized spacial score (nSPS) is 15.3. The van der Waals surface area contributed by atoms with E-state index in [1.165, 1.54) is 11.8 Å². The van der Waals surface area contributed by atoms with E-state index >= 15 is 0 Å². The lowest BCUT2D eigenvalue weighted by atomic mass is 10.1.